The van der Waals surface area contributed by atoms with Crippen LogP contribution in [0.5, 0.6) is 17.2 Å². The maximum absolute atomic E-state index is 12.5. The zero-order valence-corrected chi connectivity index (χ0v) is 13.9. The number of nitrogens with zero attached hydrogens (tertiary/aromatic N) is 1. The molecule has 0 amide bonds. The minimum atomic E-state index is -2.89. The second kappa shape index (κ2) is 7.65. The summed E-state index contributed by atoms with van der Waals surface area (Å²) in [5.41, 5.74) is 0.551. The van der Waals surface area contributed by atoms with Gasteiger partial charge in [0.1, 0.15) is 5.75 Å². The third-order valence-electron chi connectivity index (χ3n) is 3.12. The van der Waals surface area contributed by atoms with Gasteiger partial charge in [-0.3, -0.25) is 4.99 Å². The summed E-state index contributed by atoms with van der Waals surface area (Å²) in [6, 6.07) is 3.05. The van der Waals surface area contributed by atoms with E-state index < -0.39 is 6.61 Å². The molecular formula is C13H16F2IN3O3. The number of hydrogen-bond acceptors (Lipinski definition) is 6. The fraction of sp³-hybridized carbons (Fsp3) is 0.462. The Morgan fingerprint density at radius 1 is 1.32 bits per heavy atom. The zero-order valence-electron chi connectivity index (χ0n) is 11.6. The lowest BCUT2D eigenvalue weighted by Gasteiger charge is -2.17. The van der Waals surface area contributed by atoms with Crippen LogP contribution in [0.2, 0.25) is 0 Å². The third-order valence-corrected chi connectivity index (χ3v) is 3.12. The van der Waals surface area contributed by atoms with Crippen LogP contribution in [0.1, 0.15) is 12.0 Å². The lowest BCUT2D eigenvalue weighted by Crippen LogP contribution is -2.40. The second-order valence-electron chi connectivity index (χ2n) is 4.56. The van der Waals surface area contributed by atoms with Crippen molar-refractivity contribution in [3.63, 3.8) is 0 Å². The van der Waals surface area contributed by atoms with Gasteiger partial charge in [-0.05, 0) is 12.5 Å². The molecule has 3 rings (SSSR count). The van der Waals surface area contributed by atoms with Crippen molar-refractivity contribution >= 4 is 29.9 Å². The van der Waals surface area contributed by atoms with Gasteiger partial charge in [0.25, 0.3) is 0 Å². The highest BCUT2D eigenvalue weighted by Crippen LogP contribution is 2.38. The van der Waals surface area contributed by atoms with Crippen LogP contribution in [-0.4, -0.2) is 32.5 Å². The van der Waals surface area contributed by atoms with Crippen molar-refractivity contribution < 1.29 is 23.0 Å². The van der Waals surface area contributed by atoms with Crippen molar-refractivity contribution in [1.29, 1.82) is 0 Å². The predicted molar refractivity (Wildman–Crippen MR) is 86.4 cm³/mol. The monoisotopic (exact) mass is 427 g/mol. The fourth-order valence-electron chi connectivity index (χ4n) is 2.14. The molecule has 2 aliphatic heterocycles. The highest BCUT2D eigenvalue weighted by atomic mass is 127. The quantitative estimate of drug-likeness (QED) is 0.721. The first-order valence-corrected chi connectivity index (χ1v) is 6.62. The Kier molecular flexibility index (Phi) is 5.86. The first kappa shape index (κ1) is 16.8. The summed E-state index contributed by atoms with van der Waals surface area (Å²) in [7, 11) is 0. The number of ether oxygens (including phenoxy) is 3. The summed E-state index contributed by atoms with van der Waals surface area (Å²) in [5, 5.41) is 6.16. The number of guanidine groups is 1. The molecule has 6 nitrogen and oxygen atoms in total. The van der Waals surface area contributed by atoms with Crippen molar-refractivity contribution in [3.8, 4) is 17.2 Å². The molecule has 0 saturated heterocycles. The molecule has 0 spiro atoms. The molecule has 9 heteroatoms. The molecular weight excluding hydrogens is 411 g/mol. The van der Waals surface area contributed by atoms with Crippen LogP contribution in [-0.2, 0) is 6.54 Å². The molecule has 0 aliphatic carbocycles. The van der Waals surface area contributed by atoms with Crippen LogP contribution in [0, 0.1) is 0 Å². The Morgan fingerprint density at radius 2 is 2.09 bits per heavy atom. The molecule has 0 saturated carbocycles. The highest BCUT2D eigenvalue weighted by molar-refractivity contribution is 14.0. The van der Waals surface area contributed by atoms with Crippen molar-refractivity contribution in [2.45, 2.75) is 19.6 Å². The zero-order chi connectivity index (χ0) is 14.7. The number of nitrogens with one attached hydrogen (secondary N) is 2. The van der Waals surface area contributed by atoms with E-state index in [0.29, 0.717) is 29.6 Å². The molecule has 22 heavy (non-hydrogen) atoms. The SMILES string of the molecule is FC(F)Oc1cc2c(cc1CNC1=NCCCN1)OCO2.I. The van der Waals surface area contributed by atoms with Crippen LogP contribution in [0.25, 0.3) is 0 Å². The Labute approximate surface area is 143 Å². The number of fused-ring (bicyclic) bond motifs is 1. The Balaban J connectivity index is 0.00000176. The lowest BCUT2D eigenvalue weighted by molar-refractivity contribution is -0.0505. The summed E-state index contributed by atoms with van der Waals surface area (Å²) < 4.78 is 40.0. The number of alkyl halides is 2. The maximum atomic E-state index is 12.5. The predicted octanol–water partition coefficient (Wildman–Crippen LogP) is 2.07. The molecule has 0 aromatic heterocycles. The average molecular weight is 427 g/mol. The minimum Gasteiger partial charge on any atom is -0.454 e. The maximum Gasteiger partial charge on any atom is 0.387 e. The standard InChI is InChI=1S/C13H15F2N3O3.HI/c14-12(15)21-9-5-11-10(19-7-20-11)4-8(9)6-18-13-16-2-1-3-17-13;/h4-5,12H,1-3,6-7H2,(H2,16,17,18);1H. The molecule has 2 heterocycles. The van der Waals surface area contributed by atoms with Gasteiger partial charge < -0.3 is 24.8 Å². The molecule has 0 unspecified atom stereocenters. The second-order valence-corrected chi connectivity index (χ2v) is 4.56. The average Bonchev–Trinajstić information content (AvgIpc) is 2.92. The van der Waals surface area contributed by atoms with E-state index in [1.54, 1.807) is 6.07 Å². The van der Waals surface area contributed by atoms with E-state index in [1.807, 2.05) is 0 Å². The minimum absolute atomic E-state index is 0. The van der Waals surface area contributed by atoms with Gasteiger partial charge in [-0.25, -0.2) is 0 Å². The van der Waals surface area contributed by atoms with Crippen LogP contribution >= 0.6 is 24.0 Å². The van der Waals surface area contributed by atoms with E-state index in [1.165, 1.54) is 6.07 Å². The molecule has 122 valence electrons. The largest absolute Gasteiger partial charge is 0.454 e. The summed E-state index contributed by atoms with van der Waals surface area (Å²) in [6.07, 6.45) is 0.981. The Hall–Kier alpha value is -1.52. The van der Waals surface area contributed by atoms with Gasteiger partial charge in [-0.15, -0.1) is 24.0 Å². The first-order chi connectivity index (χ1) is 10.2. The van der Waals surface area contributed by atoms with Crippen molar-refractivity contribution in [3.05, 3.63) is 17.7 Å². The number of aliphatic imine (C=N–C) groups is 1. The van der Waals surface area contributed by atoms with Crippen LogP contribution < -0.4 is 24.8 Å². The fourth-order valence-corrected chi connectivity index (χ4v) is 2.14. The van der Waals surface area contributed by atoms with Crippen molar-refractivity contribution in [2.24, 2.45) is 4.99 Å². The molecule has 0 bridgehead atoms. The van der Waals surface area contributed by atoms with Gasteiger partial charge in [-0.2, -0.15) is 8.78 Å². The van der Waals surface area contributed by atoms with E-state index in [4.69, 9.17) is 9.47 Å². The molecule has 1 aromatic carbocycles. The normalized spacial score (nSPS) is 15.7. The molecule has 0 radical (unpaired) electrons. The van der Waals surface area contributed by atoms with Gasteiger partial charge in [0.2, 0.25) is 6.79 Å². The summed E-state index contributed by atoms with van der Waals surface area (Å²) in [4.78, 5) is 4.26. The Morgan fingerprint density at radius 3 is 2.77 bits per heavy atom. The summed E-state index contributed by atoms with van der Waals surface area (Å²) >= 11 is 0. The lowest BCUT2D eigenvalue weighted by atomic mass is 10.1. The van der Waals surface area contributed by atoms with Crippen LogP contribution in [0.15, 0.2) is 17.1 Å². The van der Waals surface area contributed by atoms with Gasteiger partial charge in [0.05, 0.1) is 0 Å². The Bertz CT molecular complexity index is 558. The van der Waals surface area contributed by atoms with E-state index >= 15 is 0 Å². The van der Waals surface area contributed by atoms with E-state index in [2.05, 4.69) is 20.4 Å². The van der Waals surface area contributed by atoms with Gasteiger partial charge in [-0.1, -0.05) is 0 Å². The van der Waals surface area contributed by atoms with Gasteiger partial charge >= 0.3 is 6.61 Å². The number of rotatable bonds is 4. The van der Waals surface area contributed by atoms with Gasteiger partial charge in [0.15, 0.2) is 17.5 Å². The number of benzene rings is 1. The first-order valence-electron chi connectivity index (χ1n) is 6.62. The number of hydrogen-bond donors (Lipinski definition) is 2. The number of halogens is 3. The van der Waals surface area contributed by atoms with Crippen LogP contribution in [0.4, 0.5) is 8.78 Å². The third kappa shape index (κ3) is 4.02. The van der Waals surface area contributed by atoms with E-state index in [9.17, 15) is 8.78 Å². The molecule has 0 atom stereocenters. The summed E-state index contributed by atoms with van der Waals surface area (Å²) in [5.74, 6) is 1.65. The molecule has 2 aliphatic rings. The molecule has 0 fully saturated rings. The topological polar surface area (TPSA) is 64.1 Å². The molecule has 2 N–H and O–H groups in total. The molecule has 1 aromatic rings. The van der Waals surface area contributed by atoms with Crippen molar-refractivity contribution in [1.82, 2.24) is 10.6 Å². The van der Waals surface area contributed by atoms with E-state index in [-0.39, 0.29) is 36.5 Å². The van der Waals surface area contributed by atoms with Crippen molar-refractivity contribution in [2.75, 3.05) is 19.9 Å². The van der Waals surface area contributed by atoms with E-state index in [0.717, 1.165) is 19.5 Å². The highest BCUT2D eigenvalue weighted by Gasteiger charge is 2.20. The van der Waals surface area contributed by atoms with Crippen LogP contribution in [0.3, 0.4) is 0 Å². The smallest absolute Gasteiger partial charge is 0.387 e. The van der Waals surface area contributed by atoms with Gasteiger partial charge in [0, 0.05) is 31.3 Å². The summed E-state index contributed by atoms with van der Waals surface area (Å²) in [6.45, 7) is -0.933.